The summed E-state index contributed by atoms with van der Waals surface area (Å²) in [6, 6.07) is 0. The van der Waals surface area contributed by atoms with Gasteiger partial charge in [0.2, 0.25) is 5.91 Å². The molecule has 0 spiro atoms. The van der Waals surface area contributed by atoms with Crippen LogP contribution in [0.25, 0.3) is 0 Å². The van der Waals surface area contributed by atoms with Gasteiger partial charge in [-0.3, -0.25) is 4.79 Å². The van der Waals surface area contributed by atoms with E-state index in [9.17, 15) is 4.79 Å². The van der Waals surface area contributed by atoms with Gasteiger partial charge < -0.3 is 5.73 Å². The Balaban J connectivity index is 1.52. The highest BCUT2D eigenvalue weighted by atomic mass is 16.1. The molecule has 4 fully saturated rings. The van der Waals surface area contributed by atoms with Crippen molar-refractivity contribution in [2.24, 2.45) is 52.1 Å². The third kappa shape index (κ3) is 2.85. The van der Waals surface area contributed by atoms with Gasteiger partial charge in [-0.15, -0.1) is 0 Å². The summed E-state index contributed by atoms with van der Waals surface area (Å²) in [6.45, 7) is 7.70. The summed E-state index contributed by atoms with van der Waals surface area (Å²) in [5.41, 5.74) is 6.60. The van der Waals surface area contributed by atoms with Crippen LogP contribution in [0.5, 0.6) is 0 Å². The second kappa shape index (κ2) is 6.82. The third-order valence-electron chi connectivity index (χ3n) is 10.2. The van der Waals surface area contributed by atoms with Crippen molar-refractivity contribution >= 4 is 5.91 Å². The Morgan fingerprint density at radius 2 is 1.73 bits per heavy atom. The number of nitrogens with two attached hydrogens (primary N) is 1. The van der Waals surface area contributed by atoms with E-state index in [1.807, 2.05) is 0 Å². The topological polar surface area (TPSA) is 43.1 Å². The van der Waals surface area contributed by atoms with E-state index in [1.165, 1.54) is 64.2 Å². The molecule has 148 valence electrons. The lowest BCUT2D eigenvalue weighted by Gasteiger charge is -2.61. The molecular weight excluding hydrogens is 318 g/mol. The van der Waals surface area contributed by atoms with Gasteiger partial charge in [0.15, 0.2) is 0 Å². The predicted octanol–water partition coefficient (Wildman–Crippen LogP) is 5.94. The molecule has 0 aliphatic heterocycles. The average molecular weight is 360 g/mol. The predicted molar refractivity (Wildman–Crippen MR) is 107 cm³/mol. The molecule has 0 aromatic heterocycles. The van der Waals surface area contributed by atoms with Crippen molar-refractivity contribution in [1.82, 2.24) is 0 Å². The van der Waals surface area contributed by atoms with Crippen molar-refractivity contribution in [2.45, 2.75) is 97.8 Å². The Labute approximate surface area is 161 Å². The van der Waals surface area contributed by atoms with Gasteiger partial charge in [-0.25, -0.2) is 0 Å². The molecule has 0 heterocycles. The summed E-state index contributed by atoms with van der Waals surface area (Å²) < 4.78 is 0. The number of hydrogen-bond acceptors (Lipinski definition) is 1. The van der Waals surface area contributed by atoms with Crippen LogP contribution in [0.3, 0.4) is 0 Å². The molecule has 26 heavy (non-hydrogen) atoms. The number of rotatable bonds is 4. The number of primary amides is 1. The quantitative estimate of drug-likeness (QED) is 0.663. The first-order valence-electron chi connectivity index (χ1n) is 11.6. The van der Waals surface area contributed by atoms with E-state index in [0.717, 1.165) is 36.0 Å². The summed E-state index contributed by atoms with van der Waals surface area (Å²) in [6.07, 6.45) is 16.3. The van der Waals surface area contributed by atoms with Gasteiger partial charge in [-0.2, -0.15) is 0 Å². The number of hydrogen-bond donors (Lipinski definition) is 1. The van der Waals surface area contributed by atoms with Gasteiger partial charge in [0.05, 0.1) is 0 Å². The Morgan fingerprint density at radius 1 is 0.962 bits per heavy atom. The molecule has 4 saturated carbocycles. The highest BCUT2D eigenvalue weighted by Gasteiger charge is 2.60. The number of carbonyl (C=O) groups is 1. The van der Waals surface area contributed by atoms with E-state index in [1.54, 1.807) is 0 Å². The largest absolute Gasteiger partial charge is 0.370 e. The zero-order valence-corrected chi connectivity index (χ0v) is 17.4. The number of amides is 1. The number of fused-ring (bicyclic) bond motifs is 5. The summed E-state index contributed by atoms with van der Waals surface area (Å²) in [5, 5.41) is 0. The first-order chi connectivity index (χ1) is 12.4. The van der Waals surface area contributed by atoms with Crippen LogP contribution in [0.1, 0.15) is 97.8 Å². The summed E-state index contributed by atoms with van der Waals surface area (Å²) in [7, 11) is 0. The molecule has 0 unspecified atom stereocenters. The van der Waals surface area contributed by atoms with Crippen molar-refractivity contribution in [3.63, 3.8) is 0 Å². The maximum absolute atomic E-state index is 11.3. The second-order valence-electron chi connectivity index (χ2n) is 11.1. The molecule has 2 nitrogen and oxygen atoms in total. The van der Waals surface area contributed by atoms with Crippen LogP contribution in [-0.2, 0) is 4.79 Å². The van der Waals surface area contributed by atoms with Crippen molar-refractivity contribution in [3.05, 3.63) is 0 Å². The van der Waals surface area contributed by atoms with Gasteiger partial charge in [0.1, 0.15) is 0 Å². The smallest absolute Gasteiger partial charge is 0.217 e. The Kier molecular flexibility index (Phi) is 4.93. The molecular formula is C24H41NO. The van der Waals surface area contributed by atoms with Gasteiger partial charge in [0.25, 0.3) is 0 Å². The van der Waals surface area contributed by atoms with E-state index in [4.69, 9.17) is 5.73 Å². The fraction of sp³-hybridized carbons (Fsp3) is 0.958. The van der Waals surface area contributed by atoms with Gasteiger partial charge >= 0.3 is 0 Å². The summed E-state index contributed by atoms with van der Waals surface area (Å²) in [4.78, 5) is 11.3. The molecule has 4 rings (SSSR count). The lowest BCUT2D eigenvalue weighted by Crippen LogP contribution is -2.53. The highest BCUT2D eigenvalue weighted by Crippen LogP contribution is 2.68. The normalized spacial score (nSPS) is 49.0. The fourth-order valence-electron chi connectivity index (χ4n) is 8.84. The van der Waals surface area contributed by atoms with E-state index >= 15 is 0 Å². The van der Waals surface area contributed by atoms with E-state index < -0.39 is 0 Å². The van der Waals surface area contributed by atoms with Crippen LogP contribution < -0.4 is 5.73 Å². The van der Waals surface area contributed by atoms with Crippen LogP contribution in [0.4, 0.5) is 0 Å². The van der Waals surface area contributed by atoms with E-state index in [-0.39, 0.29) is 5.91 Å². The van der Waals surface area contributed by atoms with Crippen molar-refractivity contribution in [1.29, 1.82) is 0 Å². The standard InChI is InChI=1S/C24H41NO/c1-16(7-12-22(25)26)19-10-11-20-18-9-8-17-6-4-5-14-23(17,2)21(18)13-15-24(19,20)3/h16-21H,4-15H2,1-3H3,(H2,25,26)/t16-,17+,18+,19-,20+,21+,23+,24-/m1/s1. The molecule has 0 aromatic rings. The maximum atomic E-state index is 11.3. The maximum Gasteiger partial charge on any atom is 0.217 e. The zero-order chi connectivity index (χ0) is 18.5. The molecule has 4 aliphatic rings. The van der Waals surface area contributed by atoms with E-state index in [2.05, 4.69) is 20.8 Å². The van der Waals surface area contributed by atoms with Crippen molar-refractivity contribution in [2.75, 3.05) is 0 Å². The van der Waals surface area contributed by atoms with Crippen LogP contribution in [0.2, 0.25) is 0 Å². The second-order valence-corrected chi connectivity index (χ2v) is 11.1. The molecule has 2 N–H and O–H groups in total. The third-order valence-corrected chi connectivity index (χ3v) is 10.2. The minimum Gasteiger partial charge on any atom is -0.370 e. The van der Waals surface area contributed by atoms with Crippen LogP contribution >= 0.6 is 0 Å². The zero-order valence-electron chi connectivity index (χ0n) is 17.4. The van der Waals surface area contributed by atoms with Crippen molar-refractivity contribution in [3.8, 4) is 0 Å². The first kappa shape index (κ1) is 18.8. The molecule has 1 amide bonds. The molecule has 0 aromatic carbocycles. The van der Waals surface area contributed by atoms with Crippen LogP contribution in [0.15, 0.2) is 0 Å². The lowest BCUT2D eigenvalue weighted by atomic mass is 9.44. The van der Waals surface area contributed by atoms with Gasteiger partial charge in [-0.1, -0.05) is 33.6 Å². The molecule has 0 radical (unpaired) electrons. The van der Waals surface area contributed by atoms with Gasteiger partial charge in [-0.05, 0) is 104 Å². The van der Waals surface area contributed by atoms with Crippen molar-refractivity contribution < 1.29 is 4.79 Å². The minimum atomic E-state index is -0.121. The average Bonchev–Trinajstić information content (AvgIpc) is 2.96. The molecule has 4 aliphatic carbocycles. The summed E-state index contributed by atoms with van der Waals surface area (Å²) >= 11 is 0. The first-order valence-corrected chi connectivity index (χ1v) is 11.6. The summed E-state index contributed by atoms with van der Waals surface area (Å²) in [5.74, 6) is 5.29. The monoisotopic (exact) mass is 359 g/mol. The molecule has 2 heteroatoms. The number of carbonyl (C=O) groups excluding carboxylic acids is 1. The van der Waals surface area contributed by atoms with Crippen LogP contribution in [-0.4, -0.2) is 5.91 Å². The Hall–Kier alpha value is -0.530. The molecule has 0 bridgehead atoms. The SMILES string of the molecule is C[C@H](CCC(N)=O)[C@H]1CC[C@H]2[C@@H]3CC[C@@H]4CCCC[C@]4(C)[C@H]3CC[C@]12C. The van der Waals surface area contributed by atoms with Gasteiger partial charge in [0, 0.05) is 6.42 Å². The lowest BCUT2D eigenvalue weighted by molar-refractivity contribution is -0.119. The van der Waals surface area contributed by atoms with E-state index in [0.29, 0.717) is 23.2 Å². The fourth-order valence-corrected chi connectivity index (χ4v) is 8.84. The van der Waals surface area contributed by atoms with Crippen LogP contribution in [0, 0.1) is 46.3 Å². The minimum absolute atomic E-state index is 0.121. The Bertz CT molecular complexity index is 544. The highest BCUT2D eigenvalue weighted by molar-refractivity contribution is 5.73. The molecule has 8 atom stereocenters. The molecule has 0 saturated heterocycles. The Morgan fingerprint density at radius 3 is 2.50 bits per heavy atom.